The van der Waals surface area contributed by atoms with Gasteiger partial charge in [0, 0.05) is 12.8 Å². The predicted molar refractivity (Wildman–Crippen MR) is 68.4 cm³/mol. The van der Waals surface area contributed by atoms with E-state index in [9.17, 15) is 9.90 Å². The van der Waals surface area contributed by atoms with E-state index in [4.69, 9.17) is 0 Å². The number of aliphatic hydroxyl groups excluding tert-OH is 1. The molecule has 1 atom stereocenters. The highest BCUT2D eigenvalue weighted by atomic mass is 16.3. The molecule has 0 amide bonds. The maximum Gasteiger partial charge on any atom is 0.133 e. The third-order valence-electron chi connectivity index (χ3n) is 2.83. The normalized spacial score (nSPS) is 13.4. The van der Waals surface area contributed by atoms with Gasteiger partial charge < -0.3 is 5.11 Å². The predicted octanol–water partition coefficient (Wildman–Crippen LogP) is 3.57. The molecule has 0 fully saturated rings. The van der Waals surface area contributed by atoms with Gasteiger partial charge in [0.2, 0.25) is 0 Å². The van der Waals surface area contributed by atoms with E-state index < -0.39 is 0 Å². The van der Waals surface area contributed by atoms with Gasteiger partial charge in [-0.1, -0.05) is 27.7 Å². The lowest BCUT2D eigenvalue weighted by Crippen LogP contribution is -2.11. The summed E-state index contributed by atoms with van der Waals surface area (Å²) in [5.74, 6) is 1.53. The molecule has 2 heteroatoms. The van der Waals surface area contributed by atoms with Gasteiger partial charge in [-0.05, 0) is 37.5 Å². The zero-order valence-electron chi connectivity index (χ0n) is 11.3. The zero-order chi connectivity index (χ0) is 12.6. The highest BCUT2D eigenvalue weighted by Crippen LogP contribution is 2.12. The number of carbonyl (C=O) groups is 1. The topological polar surface area (TPSA) is 37.3 Å². The lowest BCUT2D eigenvalue weighted by molar-refractivity contribution is -0.119. The van der Waals surface area contributed by atoms with Gasteiger partial charge in [-0.2, -0.15) is 0 Å². The van der Waals surface area contributed by atoms with Crippen molar-refractivity contribution in [2.24, 2.45) is 11.8 Å². The number of ketones is 1. The summed E-state index contributed by atoms with van der Waals surface area (Å²) in [6.07, 6.45) is 4.42. The fourth-order valence-corrected chi connectivity index (χ4v) is 1.57. The second-order valence-corrected chi connectivity index (χ2v) is 5.63. The van der Waals surface area contributed by atoms with Gasteiger partial charge in [0.05, 0.1) is 6.10 Å². The highest BCUT2D eigenvalue weighted by Gasteiger charge is 2.09. The van der Waals surface area contributed by atoms with Crippen molar-refractivity contribution in [1.29, 1.82) is 0 Å². The fraction of sp³-hybridized carbons (Fsp3) is 0.929. The number of rotatable bonds is 9. The molecule has 0 heterocycles. The Kier molecular flexibility index (Phi) is 8.54. The number of aliphatic hydroxyl groups is 1. The molecule has 0 radical (unpaired) electrons. The van der Waals surface area contributed by atoms with Gasteiger partial charge in [-0.15, -0.1) is 0 Å². The van der Waals surface area contributed by atoms with E-state index in [0.717, 1.165) is 19.3 Å². The van der Waals surface area contributed by atoms with E-state index in [2.05, 4.69) is 27.7 Å². The van der Waals surface area contributed by atoms with Crippen LogP contribution in [-0.2, 0) is 4.79 Å². The van der Waals surface area contributed by atoms with Crippen LogP contribution in [0.15, 0.2) is 0 Å². The first-order valence-corrected chi connectivity index (χ1v) is 6.61. The summed E-state index contributed by atoms with van der Waals surface area (Å²) in [4.78, 5) is 11.5. The molecule has 0 aliphatic carbocycles. The Morgan fingerprint density at radius 3 is 1.88 bits per heavy atom. The van der Waals surface area contributed by atoms with E-state index in [0.29, 0.717) is 36.9 Å². The van der Waals surface area contributed by atoms with Crippen molar-refractivity contribution in [2.75, 3.05) is 0 Å². The quantitative estimate of drug-likeness (QED) is 0.655. The van der Waals surface area contributed by atoms with Crippen LogP contribution in [0.5, 0.6) is 0 Å². The minimum Gasteiger partial charge on any atom is -0.393 e. The Hall–Kier alpha value is -0.370. The van der Waals surface area contributed by atoms with E-state index in [1.807, 2.05) is 0 Å². The third-order valence-corrected chi connectivity index (χ3v) is 2.83. The second kappa shape index (κ2) is 8.74. The minimum absolute atomic E-state index is 0.287. The van der Waals surface area contributed by atoms with Crippen molar-refractivity contribution in [1.82, 2.24) is 0 Å². The summed E-state index contributed by atoms with van der Waals surface area (Å²) >= 11 is 0. The summed E-state index contributed by atoms with van der Waals surface area (Å²) < 4.78 is 0. The van der Waals surface area contributed by atoms with Crippen LogP contribution in [0, 0.1) is 11.8 Å². The van der Waals surface area contributed by atoms with E-state index >= 15 is 0 Å². The molecule has 0 saturated heterocycles. The van der Waals surface area contributed by atoms with Gasteiger partial charge in [0.25, 0.3) is 0 Å². The van der Waals surface area contributed by atoms with Crippen LogP contribution >= 0.6 is 0 Å². The molecule has 0 rings (SSSR count). The second-order valence-electron chi connectivity index (χ2n) is 5.63. The zero-order valence-corrected chi connectivity index (χ0v) is 11.3. The lowest BCUT2D eigenvalue weighted by Gasteiger charge is -2.11. The van der Waals surface area contributed by atoms with Crippen LogP contribution in [0.1, 0.15) is 66.2 Å². The van der Waals surface area contributed by atoms with Crippen LogP contribution in [0.3, 0.4) is 0 Å². The SMILES string of the molecule is CC(C)CCC(=O)CCC(O)CCC(C)C. The summed E-state index contributed by atoms with van der Waals surface area (Å²) in [7, 11) is 0. The summed E-state index contributed by atoms with van der Waals surface area (Å²) in [5.41, 5.74) is 0. The maximum absolute atomic E-state index is 11.5. The van der Waals surface area contributed by atoms with E-state index in [1.54, 1.807) is 0 Å². The summed E-state index contributed by atoms with van der Waals surface area (Å²) in [5, 5.41) is 9.67. The van der Waals surface area contributed by atoms with Crippen molar-refractivity contribution in [2.45, 2.75) is 72.3 Å². The monoisotopic (exact) mass is 228 g/mol. The lowest BCUT2D eigenvalue weighted by atomic mass is 9.99. The maximum atomic E-state index is 11.5. The molecule has 1 N–H and O–H groups in total. The minimum atomic E-state index is -0.287. The summed E-state index contributed by atoms with van der Waals surface area (Å²) in [6, 6.07) is 0. The van der Waals surface area contributed by atoms with Crippen molar-refractivity contribution >= 4 is 5.78 Å². The van der Waals surface area contributed by atoms with Crippen LogP contribution < -0.4 is 0 Å². The van der Waals surface area contributed by atoms with Gasteiger partial charge in [-0.25, -0.2) is 0 Å². The van der Waals surface area contributed by atoms with Crippen molar-refractivity contribution in [3.63, 3.8) is 0 Å². The number of Topliss-reactive ketones (excluding diaryl/α,β-unsaturated/α-hetero) is 1. The number of hydrogen-bond donors (Lipinski definition) is 1. The molecule has 0 aliphatic rings. The average molecular weight is 228 g/mol. The summed E-state index contributed by atoms with van der Waals surface area (Å²) in [6.45, 7) is 8.57. The molecule has 0 bridgehead atoms. The molecule has 0 aliphatic heterocycles. The Bertz CT molecular complexity index is 185. The van der Waals surface area contributed by atoms with Crippen LogP contribution in [-0.4, -0.2) is 17.0 Å². The standard InChI is InChI=1S/C14H28O2/c1-11(2)5-7-13(15)9-10-14(16)8-6-12(3)4/h11-13,15H,5-10H2,1-4H3. The third kappa shape index (κ3) is 10.2. The van der Waals surface area contributed by atoms with Crippen LogP contribution in [0.25, 0.3) is 0 Å². The smallest absolute Gasteiger partial charge is 0.133 e. The van der Waals surface area contributed by atoms with Crippen LogP contribution in [0.2, 0.25) is 0 Å². The largest absolute Gasteiger partial charge is 0.393 e. The average Bonchev–Trinajstić information content (AvgIpc) is 2.20. The first-order chi connectivity index (χ1) is 7.41. The van der Waals surface area contributed by atoms with E-state index in [1.165, 1.54) is 0 Å². The first kappa shape index (κ1) is 15.6. The molecule has 0 aromatic heterocycles. The molecular formula is C14H28O2. The molecule has 16 heavy (non-hydrogen) atoms. The Balaban J connectivity index is 3.51. The van der Waals surface area contributed by atoms with E-state index in [-0.39, 0.29) is 6.10 Å². The van der Waals surface area contributed by atoms with Gasteiger partial charge in [0.15, 0.2) is 0 Å². The molecule has 0 spiro atoms. The molecule has 1 unspecified atom stereocenters. The Morgan fingerprint density at radius 1 is 0.875 bits per heavy atom. The van der Waals surface area contributed by atoms with Crippen molar-refractivity contribution < 1.29 is 9.90 Å². The Morgan fingerprint density at radius 2 is 1.38 bits per heavy atom. The molecule has 2 nitrogen and oxygen atoms in total. The van der Waals surface area contributed by atoms with Crippen molar-refractivity contribution in [3.05, 3.63) is 0 Å². The number of carbonyl (C=O) groups excluding carboxylic acids is 1. The van der Waals surface area contributed by atoms with Crippen molar-refractivity contribution in [3.8, 4) is 0 Å². The molecular weight excluding hydrogens is 200 g/mol. The van der Waals surface area contributed by atoms with Gasteiger partial charge >= 0.3 is 0 Å². The van der Waals surface area contributed by atoms with Crippen LogP contribution in [0.4, 0.5) is 0 Å². The highest BCUT2D eigenvalue weighted by molar-refractivity contribution is 5.78. The van der Waals surface area contributed by atoms with Gasteiger partial charge in [-0.3, -0.25) is 4.79 Å². The number of hydrogen-bond acceptors (Lipinski definition) is 2. The molecule has 0 aromatic carbocycles. The first-order valence-electron chi connectivity index (χ1n) is 6.61. The molecule has 96 valence electrons. The van der Waals surface area contributed by atoms with Gasteiger partial charge in [0.1, 0.15) is 5.78 Å². The molecule has 0 aromatic rings. The molecule has 0 saturated carbocycles. The fourth-order valence-electron chi connectivity index (χ4n) is 1.57. The Labute approximate surface area is 100 Å².